The van der Waals surface area contributed by atoms with Crippen molar-refractivity contribution in [1.82, 2.24) is 4.90 Å². The van der Waals surface area contributed by atoms with Gasteiger partial charge in [0, 0.05) is 54.6 Å². The third-order valence-corrected chi connectivity index (χ3v) is 6.74. The first-order chi connectivity index (χ1) is 12.5. The lowest BCUT2D eigenvalue weighted by molar-refractivity contribution is -0.143. The number of anilines is 1. The highest BCUT2D eigenvalue weighted by molar-refractivity contribution is 6.30. The van der Waals surface area contributed by atoms with Crippen LogP contribution in [0.5, 0.6) is 0 Å². The summed E-state index contributed by atoms with van der Waals surface area (Å²) in [6.07, 6.45) is 4.69. The number of carbonyl (C=O) groups is 2. The summed E-state index contributed by atoms with van der Waals surface area (Å²) >= 11 is 6.16. The third-order valence-electron chi connectivity index (χ3n) is 6.50. The molecule has 3 aliphatic rings. The molecule has 2 saturated carbocycles. The molecule has 2 unspecified atom stereocenters. The molecule has 0 radical (unpaired) electrons. The lowest BCUT2D eigenvalue weighted by Crippen LogP contribution is -2.52. The Morgan fingerprint density at radius 3 is 2.38 bits per heavy atom. The van der Waals surface area contributed by atoms with Gasteiger partial charge in [0.05, 0.1) is 0 Å². The number of benzene rings is 1. The van der Waals surface area contributed by atoms with Crippen LogP contribution >= 0.6 is 11.6 Å². The molecule has 0 N–H and O–H groups in total. The molecule has 0 spiro atoms. The Bertz CT molecular complexity index is 696. The lowest BCUT2D eigenvalue weighted by atomic mass is 9.67. The van der Waals surface area contributed by atoms with E-state index in [1.54, 1.807) is 0 Å². The van der Waals surface area contributed by atoms with Crippen LogP contribution in [0.15, 0.2) is 18.2 Å². The molecule has 1 aromatic carbocycles. The molecule has 4 rings (SSSR count). The monoisotopic (exact) mass is 374 g/mol. The minimum atomic E-state index is 0.0578. The molecule has 140 valence electrons. The molecule has 2 aliphatic carbocycles. The number of nitrogens with zero attached hydrogens (tertiary/aromatic N) is 2. The van der Waals surface area contributed by atoms with E-state index in [9.17, 15) is 9.59 Å². The van der Waals surface area contributed by atoms with E-state index in [-0.39, 0.29) is 23.7 Å². The minimum absolute atomic E-state index is 0.0578. The van der Waals surface area contributed by atoms with Gasteiger partial charge < -0.3 is 9.80 Å². The van der Waals surface area contributed by atoms with Gasteiger partial charge in [-0.05, 0) is 50.3 Å². The number of ketones is 1. The van der Waals surface area contributed by atoms with Gasteiger partial charge in [-0.15, -0.1) is 0 Å². The van der Waals surface area contributed by atoms with Crippen molar-refractivity contribution in [1.29, 1.82) is 0 Å². The Kier molecular flexibility index (Phi) is 4.96. The average Bonchev–Trinajstić information content (AvgIpc) is 2.63. The predicted octanol–water partition coefficient (Wildman–Crippen LogP) is 3.69. The number of carbonyl (C=O) groups excluding carboxylic acids is 2. The number of halogens is 1. The Morgan fingerprint density at radius 1 is 1.08 bits per heavy atom. The van der Waals surface area contributed by atoms with Crippen molar-refractivity contribution in [3.63, 3.8) is 0 Å². The second kappa shape index (κ2) is 7.22. The van der Waals surface area contributed by atoms with Crippen LogP contribution < -0.4 is 4.90 Å². The van der Waals surface area contributed by atoms with E-state index < -0.39 is 0 Å². The normalized spacial score (nSPS) is 29.0. The summed E-state index contributed by atoms with van der Waals surface area (Å²) in [6.45, 7) is 5.28. The van der Waals surface area contributed by atoms with Crippen molar-refractivity contribution >= 4 is 29.0 Å². The van der Waals surface area contributed by atoms with Crippen LogP contribution in [0.2, 0.25) is 5.02 Å². The van der Waals surface area contributed by atoms with Gasteiger partial charge in [0.2, 0.25) is 5.91 Å². The number of aryl methyl sites for hydroxylation is 1. The Hall–Kier alpha value is -1.55. The van der Waals surface area contributed by atoms with Crippen LogP contribution in [0.25, 0.3) is 0 Å². The van der Waals surface area contributed by atoms with E-state index in [2.05, 4.69) is 11.8 Å². The molecule has 2 bridgehead atoms. The fraction of sp³-hybridized carbons (Fsp3) is 0.619. The van der Waals surface area contributed by atoms with Gasteiger partial charge in [0.15, 0.2) is 0 Å². The Morgan fingerprint density at radius 2 is 1.73 bits per heavy atom. The summed E-state index contributed by atoms with van der Waals surface area (Å²) in [7, 11) is 0. The third kappa shape index (κ3) is 3.36. The number of rotatable bonds is 2. The van der Waals surface area contributed by atoms with E-state index in [0.29, 0.717) is 5.78 Å². The molecular formula is C21H27ClN2O2. The molecule has 2 atom stereocenters. The average molecular weight is 375 g/mol. The summed E-state index contributed by atoms with van der Waals surface area (Å²) in [5, 5.41) is 0.752. The fourth-order valence-corrected chi connectivity index (χ4v) is 5.20. The summed E-state index contributed by atoms with van der Waals surface area (Å²) in [5.74, 6) is 1.06. The minimum Gasteiger partial charge on any atom is -0.368 e. The largest absolute Gasteiger partial charge is 0.368 e. The summed E-state index contributed by atoms with van der Waals surface area (Å²) in [6, 6.07) is 5.98. The maximum atomic E-state index is 13.0. The Labute approximate surface area is 160 Å². The molecule has 1 amide bonds. The van der Waals surface area contributed by atoms with E-state index in [1.807, 2.05) is 23.1 Å². The smallest absolute Gasteiger partial charge is 0.225 e. The zero-order chi connectivity index (χ0) is 18.3. The van der Waals surface area contributed by atoms with E-state index >= 15 is 0 Å². The van der Waals surface area contributed by atoms with Gasteiger partial charge in [-0.25, -0.2) is 0 Å². The molecule has 3 fully saturated rings. The topological polar surface area (TPSA) is 40.6 Å². The van der Waals surface area contributed by atoms with Crippen LogP contribution in [0, 0.1) is 24.7 Å². The van der Waals surface area contributed by atoms with Crippen molar-refractivity contribution in [2.24, 2.45) is 17.8 Å². The fourth-order valence-electron chi connectivity index (χ4n) is 5.03. The van der Waals surface area contributed by atoms with Crippen LogP contribution in [-0.2, 0) is 9.59 Å². The SMILES string of the molecule is Cc1ccc(Cl)cc1N1CCN(C(=O)C2CC3CCCC(C2)C3=O)CC1. The van der Waals surface area contributed by atoms with Gasteiger partial charge in [-0.1, -0.05) is 24.1 Å². The van der Waals surface area contributed by atoms with Crippen molar-refractivity contribution in [2.45, 2.75) is 39.0 Å². The Balaban J connectivity index is 1.38. The molecule has 1 aromatic rings. The highest BCUT2D eigenvalue weighted by atomic mass is 35.5. The molecule has 4 nitrogen and oxygen atoms in total. The molecule has 0 aromatic heterocycles. The maximum absolute atomic E-state index is 13.0. The van der Waals surface area contributed by atoms with Gasteiger partial charge in [0.25, 0.3) is 0 Å². The first kappa shape index (κ1) is 17.8. The predicted molar refractivity (Wildman–Crippen MR) is 104 cm³/mol. The zero-order valence-corrected chi connectivity index (χ0v) is 16.2. The van der Waals surface area contributed by atoms with Gasteiger partial charge in [-0.3, -0.25) is 9.59 Å². The van der Waals surface area contributed by atoms with E-state index in [1.165, 1.54) is 11.3 Å². The van der Waals surface area contributed by atoms with Crippen LogP contribution in [-0.4, -0.2) is 42.8 Å². The molecule has 5 heteroatoms. The molecule has 1 saturated heterocycles. The molecular weight excluding hydrogens is 348 g/mol. The van der Waals surface area contributed by atoms with Crippen molar-refractivity contribution in [2.75, 3.05) is 31.1 Å². The molecule has 1 aliphatic heterocycles. The standard InChI is InChI=1S/C21H27ClN2O2/c1-14-5-6-18(22)13-19(14)23-7-9-24(10-8-23)21(26)17-11-15-3-2-4-16(12-17)20(15)25/h5-6,13,15-17H,2-4,7-12H2,1H3. The van der Waals surface area contributed by atoms with Crippen molar-refractivity contribution in [3.8, 4) is 0 Å². The number of hydrogen-bond donors (Lipinski definition) is 0. The number of Topliss-reactive ketones (excluding diaryl/α,β-unsaturated/α-hetero) is 1. The van der Waals surface area contributed by atoms with Gasteiger partial charge >= 0.3 is 0 Å². The highest BCUT2D eigenvalue weighted by Crippen LogP contribution is 2.40. The van der Waals surface area contributed by atoms with Crippen molar-refractivity contribution < 1.29 is 9.59 Å². The van der Waals surface area contributed by atoms with Gasteiger partial charge in [0.1, 0.15) is 5.78 Å². The number of hydrogen-bond acceptors (Lipinski definition) is 3. The first-order valence-electron chi connectivity index (χ1n) is 9.86. The number of amides is 1. The van der Waals surface area contributed by atoms with Crippen LogP contribution in [0.1, 0.15) is 37.7 Å². The zero-order valence-electron chi connectivity index (χ0n) is 15.4. The molecule has 1 heterocycles. The summed E-state index contributed by atoms with van der Waals surface area (Å²) in [4.78, 5) is 29.6. The van der Waals surface area contributed by atoms with E-state index in [0.717, 1.165) is 63.3 Å². The molecule has 26 heavy (non-hydrogen) atoms. The maximum Gasteiger partial charge on any atom is 0.225 e. The van der Waals surface area contributed by atoms with Crippen LogP contribution in [0.3, 0.4) is 0 Å². The van der Waals surface area contributed by atoms with Gasteiger partial charge in [-0.2, -0.15) is 0 Å². The quantitative estimate of drug-likeness (QED) is 0.792. The lowest BCUT2D eigenvalue weighted by Gasteiger charge is -2.41. The number of piperazine rings is 1. The van der Waals surface area contributed by atoms with Crippen molar-refractivity contribution in [3.05, 3.63) is 28.8 Å². The second-order valence-electron chi connectivity index (χ2n) is 8.14. The summed E-state index contributed by atoms with van der Waals surface area (Å²) in [5.41, 5.74) is 2.38. The van der Waals surface area contributed by atoms with E-state index in [4.69, 9.17) is 11.6 Å². The van der Waals surface area contributed by atoms with Crippen LogP contribution in [0.4, 0.5) is 5.69 Å². The highest BCUT2D eigenvalue weighted by Gasteiger charge is 2.42. The first-order valence-corrected chi connectivity index (χ1v) is 10.2. The summed E-state index contributed by atoms with van der Waals surface area (Å²) < 4.78 is 0. The second-order valence-corrected chi connectivity index (χ2v) is 8.58. The number of fused-ring (bicyclic) bond motifs is 2.